The Hall–Kier alpha value is -3.08. The van der Waals surface area contributed by atoms with Gasteiger partial charge in [0.2, 0.25) is 6.79 Å². The Bertz CT molecular complexity index is 1120. The molecule has 9 nitrogen and oxygen atoms in total. The molecular weight excluding hydrogens is 456 g/mol. The molecule has 0 bridgehead atoms. The number of benzene rings is 2. The molecule has 2 aromatic carbocycles. The third kappa shape index (κ3) is 5.69. The number of amides is 1. The Balaban J connectivity index is 1.33. The van der Waals surface area contributed by atoms with Crippen LogP contribution in [0.5, 0.6) is 11.5 Å². The molecule has 1 aliphatic heterocycles. The van der Waals surface area contributed by atoms with Gasteiger partial charge in [-0.2, -0.15) is 0 Å². The SMILES string of the molecule is COCc1nnc(SCc2ccc(C(=O)NCc3ccc4c(c3)OCO4)cc2)n1C(C)COC. The molecule has 2 heterocycles. The second kappa shape index (κ2) is 11.4. The Kier molecular flexibility index (Phi) is 8.04. The summed E-state index contributed by atoms with van der Waals surface area (Å²) < 4.78 is 23.3. The molecule has 0 saturated carbocycles. The molecule has 1 atom stereocenters. The molecule has 180 valence electrons. The minimum absolute atomic E-state index is 0.0866. The molecule has 10 heteroatoms. The van der Waals surface area contributed by atoms with Gasteiger partial charge in [-0.25, -0.2) is 0 Å². The first-order valence-corrected chi connectivity index (χ1v) is 11.9. The van der Waals surface area contributed by atoms with Crippen molar-refractivity contribution in [2.75, 3.05) is 27.6 Å². The summed E-state index contributed by atoms with van der Waals surface area (Å²) in [6.07, 6.45) is 0. The highest BCUT2D eigenvalue weighted by molar-refractivity contribution is 7.98. The van der Waals surface area contributed by atoms with Crippen molar-refractivity contribution in [3.8, 4) is 11.5 Å². The normalized spacial score (nSPS) is 13.1. The van der Waals surface area contributed by atoms with Crippen molar-refractivity contribution in [1.29, 1.82) is 0 Å². The first kappa shape index (κ1) is 24.1. The van der Waals surface area contributed by atoms with Crippen molar-refractivity contribution in [2.24, 2.45) is 0 Å². The van der Waals surface area contributed by atoms with E-state index in [-0.39, 0.29) is 18.7 Å². The van der Waals surface area contributed by atoms with Crippen LogP contribution in [-0.2, 0) is 28.4 Å². The van der Waals surface area contributed by atoms with E-state index in [9.17, 15) is 4.79 Å². The standard InChI is InChI=1S/C24H28N4O5S/c1-16(12-30-2)28-22(13-31-3)26-27-24(28)34-14-17-4-7-19(8-5-17)23(29)25-11-18-6-9-20-21(10-18)33-15-32-20/h4-10,16H,11-15H2,1-3H3,(H,25,29). The summed E-state index contributed by atoms with van der Waals surface area (Å²) in [6, 6.07) is 13.3. The third-order valence-corrected chi connectivity index (χ3v) is 6.35. The zero-order valence-corrected chi connectivity index (χ0v) is 20.3. The van der Waals surface area contributed by atoms with Crippen LogP contribution in [0.3, 0.4) is 0 Å². The number of carbonyl (C=O) groups is 1. The number of hydrogen-bond donors (Lipinski definition) is 1. The molecule has 1 N–H and O–H groups in total. The molecule has 1 aromatic heterocycles. The van der Waals surface area contributed by atoms with Crippen LogP contribution in [-0.4, -0.2) is 48.3 Å². The topological polar surface area (TPSA) is 96.7 Å². The first-order chi connectivity index (χ1) is 16.6. The van der Waals surface area contributed by atoms with Crippen LogP contribution >= 0.6 is 11.8 Å². The van der Waals surface area contributed by atoms with E-state index >= 15 is 0 Å². The average molecular weight is 485 g/mol. The molecular formula is C24H28N4O5S. The fourth-order valence-electron chi connectivity index (χ4n) is 3.63. The van der Waals surface area contributed by atoms with Crippen LogP contribution in [0.15, 0.2) is 47.6 Å². The Labute approximate surface area is 202 Å². The summed E-state index contributed by atoms with van der Waals surface area (Å²) >= 11 is 1.59. The molecule has 0 spiro atoms. The van der Waals surface area contributed by atoms with Gasteiger partial charge in [0.25, 0.3) is 5.91 Å². The van der Waals surface area contributed by atoms with E-state index in [0.29, 0.717) is 36.8 Å². The van der Waals surface area contributed by atoms with Crippen LogP contribution in [0, 0.1) is 0 Å². The van der Waals surface area contributed by atoms with Gasteiger partial charge in [-0.3, -0.25) is 9.36 Å². The monoisotopic (exact) mass is 484 g/mol. The number of ether oxygens (including phenoxy) is 4. The number of methoxy groups -OCH3 is 2. The first-order valence-electron chi connectivity index (χ1n) is 10.9. The summed E-state index contributed by atoms with van der Waals surface area (Å²) in [4.78, 5) is 12.6. The third-order valence-electron chi connectivity index (χ3n) is 5.33. The summed E-state index contributed by atoms with van der Waals surface area (Å²) in [6.45, 7) is 3.64. The molecule has 1 unspecified atom stereocenters. The van der Waals surface area contributed by atoms with Crippen LogP contribution in [0.2, 0.25) is 0 Å². The molecule has 34 heavy (non-hydrogen) atoms. The van der Waals surface area contributed by atoms with E-state index < -0.39 is 0 Å². The Morgan fingerprint density at radius 1 is 1.09 bits per heavy atom. The summed E-state index contributed by atoms with van der Waals surface area (Å²) in [5.41, 5.74) is 2.64. The summed E-state index contributed by atoms with van der Waals surface area (Å²) in [5.74, 6) is 2.77. The maximum absolute atomic E-state index is 12.6. The number of aromatic nitrogens is 3. The van der Waals surface area contributed by atoms with Gasteiger partial charge >= 0.3 is 0 Å². The molecule has 0 fully saturated rings. The minimum Gasteiger partial charge on any atom is -0.454 e. The predicted molar refractivity (Wildman–Crippen MR) is 127 cm³/mol. The van der Waals surface area contributed by atoms with Crippen molar-refractivity contribution in [2.45, 2.75) is 37.0 Å². The Morgan fingerprint density at radius 3 is 2.62 bits per heavy atom. The predicted octanol–water partition coefficient (Wildman–Crippen LogP) is 3.58. The zero-order chi connectivity index (χ0) is 23.9. The fraction of sp³-hybridized carbons (Fsp3) is 0.375. The number of nitrogens with zero attached hydrogens (tertiary/aromatic N) is 3. The van der Waals surface area contributed by atoms with Crippen molar-refractivity contribution in [3.05, 3.63) is 65.0 Å². The second-order valence-electron chi connectivity index (χ2n) is 7.86. The molecule has 1 aliphatic rings. The van der Waals surface area contributed by atoms with Gasteiger partial charge in [-0.05, 0) is 42.3 Å². The van der Waals surface area contributed by atoms with Crippen LogP contribution in [0.25, 0.3) is 0 Å². The lowest BCUT2D eigenvalue weighted by molar-refractivity contribution is 0.0951. The van der Waals surface area contributed by atoms with Gasteiger partial charge in [-0.1, -0.05) is 30.0 Å². The van der Waals surface area contributed by atoms with Gasteiger partial charge < -0.3 is 24.3 Å². The highest BCUT2D eigenvalue weighted by atomic mass is 32.2. The summed E-state index contributed by atoms with van der Waals surface area (Å²) in [5, 5.41) is 12.4. The van der Waals surface area contributed by atoms with Gasteiger partial charge in [0.1, 0.15) is 6.61 Å². The highest BCUT2D eigenvalue weighted by Gasteiger charge is 2.18. The number of carbonyl (C=O) groups excluding carboxylic acids is 1. The quantitative estimate of drug-likeness (QED) is 0.413. The van der Waals surface area contributed by atoms with Gasteiger partial charge in [0.15, 0.2) is 22.5 Å². The van der Waals surface area contributed by atoms with Crippen molar-refractivity contribution in [1.82, 2.24) is 20.1 Å². The fourth-order valence-corrected chi connectivity index (χ4v) is 4.64. The smallest absolute Gasteiger partial charge is 0.251 e. The highest BCUT2D eigenvalue weighted by Crippen LogP contribution is 2.32. The minimum atomic E-state index is -0.130. The number of thioether (sulfide) groups is 1. The van der Waals surface area contributed by atoms with Gasteiger partial charge in [0, 0.05) is 32.1 Å². The molecule has 0 saturated heterocycles. The maximum atomic E-state index is 12.6. The second-order valence-corrected chi connectivity index (χ2v) is 8.80. The lowest BCUT2D eigenvalue weighted by Gasteiger charge is -2.17. The molecule has 0 radical (unpaired) electrons. The average Bonchev–Trinajstić information content (AvgIpc) is 3.48. The van der Waals surface area contributed by atoms with E-state index in [1.54, 1.807) is 26.0 Å². The lowest BCUT2D eigenvalue weighted by atomic mass is 10.1. The van der Waals surface area contributed by atoms with Crippen LogP contribution in [0.4, 0.5) is 0 Å². The van der Waals surface area contributed by atoms with Gasteiger partial charge in [-0.15, -0.1) is 10.2 Å². The van der Waals surface area contributed by atoms with Crippen molar-refractivity contribution < 1.29 is 23.7 Å². The number of hydrogen-bond acceptors (Lipinski definition) is 8. The van der Waals surface area contributed by atoms with E-state index in [1.807, 2.05) is 42.5 Å². The zero-order valence-electron chi connectivity index (χ0n) is 19.4. The summed E-state index contributed by atoms with van der Waals surface area (Å²) in [7, 11) is 3.32. The maximum Gasteiger partial charge on any atom is 0.251 e. The van der Waals surface area contributed by atoms with E-state index in [2.05, 4.69) is 27.0 Å². The lowest BCUT2D eigenvalue weighted by Crippen LogP contribution is -2.22. The van der Waals surface area contributed by atoms with Crippen molar-refractivity contribution in [3.63, 3.8) is 0 Å². The molecule has 1 amide bonds. The van der Waals surface area contributed by atoms with E-state index in [1.165, 1.54) is 0 Å². The molecule has 4 rings (SSSR count). The number of rotatable bonds is 11. The van der Waals surface area contributed by atoms with Gasteiger partial charge in [0.05, 0.1) is 12.6 Å². The van der Waals surface area contributed by atoms with E-state index in [0.717, 1.165) is 27.9 Å². The van der Waals surface area contributed by atoms with Crippen molar-refractivity contribution >= 4 is 17.7 Å². The Morgan fingerprint density at radius 2 is 1.85 bits per heavy atom. The number of fused-ring (bicyclic) bond motifs is 1. The largest absolute Gasteiger partial charge is 0.454 e. The van der Waals surface area contributed by atoms with Crippen LogP contribution < -0.4 is 14.8 Å². The van der Waals surface area contributed by atoms with Crippen LogP contribution in [0.1, 0.15) is 40.3 Å². The number of nitrogens with one attached hydrogen (secondary N) is 1. The van der Waals surface area contributed by atoms with E-state index in [4.69, 9.17) is 18.9 Å². The molecule has 3 aromatic rings. The molecule has 0 aliphatic carbocycles.